The van der Waals surface area contributed by atoms with Gasteiger partial charge < -0.3 is 15.0 Å². The smallest absolute Gasteiger partial charge is 0.328 e. The summed E-state index contributed by atoms with van der Waals surface area (Å²) in [6.07, 6.45) is 2.43. The Balaban J connectivity index is 1.71. The van der Waals surface area contributed by atoms with E-state index in [-0.39, 0.29) is 11.7 Å². The lowest BCUT2D eigenvalue weighted by atomic mass is 9.93. The van der Waals surface area contributed by atoms with E-state index < -0.39 is 12.0 Å². The second-order valence-electron chi connectivity index (χ2n) is 9.81. The van der Waals surface area contributed by atoms with Crippen LogP contribution in [0, 0.1) is 12.7 Å². The third-order valence-corrected chi connectivity index (χ3v) is 7.62. The van der Waals surface area contributed by atoms with Gasteiger partial charge in [0.05, 0.1) is 7.11 Å². The van der Waals surface area contributed by atoms with Gasteiger partial charge in [0.25, 0.3) is 5.91 Å². The lowest BCUT2D eigenvalue weighted by Gasteiger charge is -2.26. The molecule has 41 heavy (non-hydrogen) atoms. The summed E-state index contributed by atoms with van der Waals surface area (Å²) in [5.41, 5.74) is 5.73. The molecule has 0 heterocycles. The Kier molecular flexibility index (Phi) is 10.6. The van der Waals surface area contributed by atoms with Crippen molar-refractivity contribution >= 4 is 29.3 Å². The number of halogens is 1. The molecule has 0 radical (unpaired) electrons. The zero-order chi connectivity index (χ0) is 29.2. The Labute approximate surface area is 245 Å². The average Bonchev–Trinajstić information content (AvgIpc) is 3.00. The molecule has 7 heteroatoms. The fraction of sp³-hybridized carbons (Fsp3) is 0.235. The Morgan fingerprint density at radius 1 is 0.902 bits per heavy atom. The minimum atomic E-state index is -0.737. The normalized spacial score (nSPS) is 11.5. The summed E-state index contributed by atoms with van der Waals surface area (Å²) in [5, 5.41) is 2.89. The Hall–Kier alpha value is -4.10. The van der Waals surface area contributed by atoms with Crippen LogP contribution in [0.25, 0.3) is 11.1 Å². The van der Waals surface area contributed by atoms with E-state index in [1.54, 1.807) is 23.9 Å². The lowest BCUT2D eigenvalue weighted by Crippen LogP contribution is -2.42. The van der Waals surface area contributed by atoms with Gasteiger partial charge in [0.2, 0.25) is 0 Å². The van der Waals surface area contributed by atoms with E-state index in [9.17, 15) is 14.0 Å². The topological polar surface area (TPSA) is 58.6 Å². The quantitative estimate of drug-likeness (QED) is 0.185. The number of ether oxygens (including phenoxy) is 1. The maximum atomic E-state index is 14.6. The number of benzene rings is 4. The van der Waals surface area contributed by atoms with E-state index in [0.717, 1.165) is 27.9 Å². The molecule has 1 amide bonds. The van der Waals surface area contributed by atoms with E-state index in [0.29, 0.717) is 36.4 Å². The number of esters is 1. The van der Waals surface area contributed by atoms with E-state index in [1.165, 1.54) is 13.2 Å². The van der Waals surface area contributed by atoms with Crippen LogP contribution in [0.15, 0.2) is 97.1 Å². The number of thioether (sulfide) groups is 1. The van der Waals surface area contributed by atoms with Gasteiger partial charge in [-0.3, -0.25) is 4.79 Å². The molecule has 1 atom stereocenters. The zero-order valence-electron chi connectivity index (χ0n) is 23.6. The first-order valence-electron chi connectivity index (χ1n) is 13.5. The molecule has 212 valence electrons. The van der Waals surface area contributed by atoms with Gasteiger partial charge in [0.15, 0.2) is 0 Å². The molecular weight excluding hydrogens is 535 g/mol. The van der Waals surface area contributed by atoms with Gasteiger partial charge >= 0.3 is 5.97 Å². The van der Waals surface area contributed by atoms with Crippen LogP contribution in [0.3, 0.4) is 0 Å². The number of carbonyl (C=O) groups is 2. The standard InChI is InChI=1S/C34H35FN2O3S/c1-24-11-7-9-15-28(24)30-21-25(17-18-29(30)33(38)36-32(19-20-41-3)34(39)40-2)22-37(27-13-5-4-6-14-27)23-26-12-8-10-16-31(26)35/h4-18,21,32H,19-20,22-23H2,1-3H3,(H,36,38)/t32-/m0/s1. The number of para-hydroxylation sites is 1. The summed E-state index contributed by atoms with van der Waals surface area (Å²) < 4.78 is 19.6. The Bertz CT molecular complexity index is 1480. The van der Waals surface area contributed by atoms with E-state index >= 15 is 0 Å². The first-order valence-corrected chi connectivity index (χ1v) is 14.9. The number of nitrogens with zero attached hydrogens (tertiary/aromatic N) is 1. The van der Waals surface area contributed by atoms with Crippen LogP contribution in [0.1, 0.15) is 33.5 Å². The van der Waals surface area contributed by atoms with Crippen molar-refractivity contribution in [1.82, 2.24) is 5.32 Å². The van der Waals surface area contributed by atoms with Gasteiger partial charge in [-0.05, 0) is 77.9 Å². The van der Waals surface area contributed by atoms with E-state index in [2.05, 4.69) is 10.2 Å². The molecule has 0 saturated carbocycles. The fourth-order valence-electron chi connectivity index (χ4n) is 4.78. The summed E-state index contributed by atoms with van der Waals surface area (Å²) >= 11 is 1.60. The number of anilines is 1. The largest absolute Gasteiger partial charge is 0.467 e. The second kappa shape index (κ2) is 14.5. The predicted molar refractivity (Wildman–Crippen MR) is 166 cm³/mol. The number of amides is 1. The van der Waals surface area contributed by atoms with Crippen LogP contribution >= 0.6 is 11.8 Å². The van der Waals surface area contributed by atoms with Crippen LogP contribution in [0.2, 0.25) is 0 Å². The van der Waals surface area contributed by atoms with E-state index in [4.69, 9.17) is 4.74 Å². The highest BCUT2D eigenvalue weighted by atomic mass is 32.2. The van der Waals surface area contributed by atoms with Crippen LogP contribution < -0.4 is 10.2 Å². The van der Waals surface area contributed by atoms with Crippen molar-refractivity contribution in [3.8, 4) is 11.1 Å². The zero-order valence-corrected chi connectivity index (χ0v) is 24.4. The van der Waals surface area contributed by atoms with Crippen LogP contribution in [-0.2, 0) is 22.6 Å². The van der Waals surface area contributed by atoms with E-state index in [1.807, 2.05) is 92.0 Å². The first-order chi connectivity index (χ1) is 19.9. The van der Waals surface area contributed by atoms with Gasteiger partial charge in [-0.25, -0.2) is 9.18 Å². The molecule has 0 saturated heterocycles. The molecule has 0 spiro atoms. The van der Waals surface area contributed by atoms with Crippen molar-refractivity contribution < 1.29 is 18.7 Å². The highest BCUT2D eigenvalue weighted by molar-refractivity contribution is 7.98. The van der Waals surface area contributed by atoms with Crippen molar-refractivity contribution in [3.63, 3.8) is 0 Å². The number of aryl methyl sites for hydroxylation is 1. The van der Waals surface area contributed by atoms with Crippen LogP contribution in [0.5, 0.6) is 0 Å². The maximum absolute atomic E-state index is 14.6. The predicted octanol–water partition coefficient (Wildman–Crippen LogP) is 7.03. The van der Waals surface area contributed by atoms with Crippen LogP contribution in [-0.4, -0.2) is 37.0 Å². The molecule has 0 aliphatic rings. The van der Waals surface area contributed by atoms with Gasteiger partial charge in [-0.1, -0.05) is 66.7 Å². The molecule has 5 nitrogen and oxygen atoms in total. The molecule has 0 aliphatic heterocycles. The fourth-order valence-corrected chi connectivity index (χ4v) is 5.25. The molecule has 4 aromatic rings. The third-order valence-electron chi connectivity index (χ3n) is 6.98. The number of carbonyl (C=O) groups excluding carboxylic acids is 2. The average molecular weight is 571 g/mol. The van der Waals surface area contributed by atoms with Crippen molar-refractivity contribution in [1.29, 1.82) is 0 Å². The molecule has 0 aliphatic carbocycles. The van der Waals surface area contributed by atoms with Gasteiger partial charge in [0, 0.05) is 29.9 Å². The summed E-state index contributed by atoms with van der Waals surface area (Å²) in [6, 6.07) is 29.6. The van der Waals surface area contributed by atoms with Crippen molar-refractivity contribution in [2.75, 3.05) is 24.0 Å². The molecule has 1 N–H and O–H groups in total. The second-order valence-corrected chi connectivity index (χ2v) is 10.8. The van der Waals surface area contributed by atoms with Crippen molar-refractivity contribution in [2.24, 2.45) is 0 Å². The molecule has 0 fully saturated rings. The summed E-state index contributed by atoms with van der Waals surface area (Å²) in [7, 11) is 1.33. The highest BCUT2D eigenvalue weighted by Crippen LogP contribution is 2.30. The summed E-state index contributed by atoms with van der Waals surface area (Å²) in [6.45, 7) is 2.89. The third kappa shape index (κ3) is 7.76. The molecule has 4 aromatic carbocycles. The number of hydrogen-bond donors (Lipinski definition) is 1. The lowest BCUT2D eigenvalue weighted by molar-refractivity contribution is -0.142. The SMILES string of the molecule is COC(=O)[C@H](CCSC)NC(=O)c1ccc(CN(Cc2ccccc2F)c2ccccc2)cc1-c1ccccc1C. The number of nitrogens with one attached hydrogen (secondary N) is 1. The highest BCUT2D eigenvalue weighted by Gasteiger charge is 2.24. The molecular formula is C34H35FN2O3S. The Morgan fingerprint density at radius 2 is 1.61 bits per heavy atom. The van der Waals surface area contributed by atoms with Gasteiger partial charge in [0.1, 0.15) is 11.9 Å². The monoisotopic (exact) mass is 570 g/mol. The number of rotatable bonds is 12. The van der Waals surface area contributed by atoms with Crippen molar-refractivity contribution in [2.45, 2.75) is 32.5 Å². The van der Waals surface area contributed by atoms with Gasteiger partial charge in [-0.2, -0.15) is 11.8 Å². The minimum Gasteiger partial charge on any atom is -0.467 e. The molecule has 4 rings (SSSR count). The minimum absolute atomic E-state index is 0.248. The Morgan fingerprint density at radius 3 is 2.32 bits per heavy atom. The van der Waals surface area contributed by atoms with Gasteiger partial charge in [-0.15, -0.1) is 0 Å². The summed E-state index contributed by atoms with van der Waals surface area (Å²) in [4.78, 5) is 28.1. The summed E-state index contributed by atoms with van der Waals surface area (Å²) in [5.74, 6) is -0.339. The molecule has 0 unspecified atom stereocenters. The number of methoxy groups -OCH3 is 1. The number of hydrogen-bond acceptors (Lipinski definition) is 5. The maximum Gasteiger partial charge on any atom is 0.328 e. The van der Waals surface area contributed by atoms with Crippen molar-refractivity contribution in [3.05, 3.63) is 125 Å². The molecule has 0 bridgehead atoms. The first kappa shape index (κ1) is 29.9. The van der Waals surface area contributed by atoms with Crippen LogP contribution in [0.4, 0.5) is 10.1 Å². The molecule has 0 aromatic heterocycles.